The third-order valence-electron chi connectivity index (χ3n) is 3.34. The molecule has 2 heteroatoms. The van der Waals surface area contributed by atoms with Crippen molar-refractivity contribution in [2.24, 2.45) is 5.92 Å². The van der Waals surface area contributed by atoms with Crippen LogP contribution >= 0.6 is 0 Å². The normalized spacial score (nSPS) is 13.6. The molecule has 0 saturated heterocycles. The zero-order valence-corrected chi connectivity index (χ0v) is 14.2. The van der Waals surface area contributed by atoms with Gasteiger partial charge in [0.25, 0.3) is 0 Å². The minimum Gasteiger partial charge on any atom is -0.493 e. The van der Waals surface area contributed by atoms with Crippen LogP contribution in [0.3, 0.4) is 0 Å². The van der Waals surface area contributed by atoms with E-state index in [1.165, 1.54) is 11.1 Å². The Hall–Kier alpha value is -1.02. The van der Waals surface area contributed by atoms with Gasteiger partial charge < -0.3 is 10.1 Å². The van der Waals surface area contributed by atoms with Crippen molar-refractivity contribution in [1.29, 1.82) is 0 Å². The highest BCUT2D eigenvalue weighted by Gasteiger charge is 2.19. The lowest BCUT2D eigenvalue weighted by atomic mass is 9.86. The van der Waals surface area contributed by atoms with Gasteiger partial charge in [0.2, 0.25) is 0 Å². The quantitative estimate of drug-likeness (QED) is 0.837. The average molecular weight is 277 g/mol. The molecule has 0 heterocycles. The van der Waals surface area contributed by atoms with E-state index in [0.29, 0.717) is 12.0 Å². The molecule has 1 aromatic rings. The lowest BCUT2D eigenvalue weighted by molar-refractivity contribution is 0.248. The molecule has 1 N–H and O–H groups in total. The molecule has 0 aliphatic heterocycles. The predicted molar refractivity (Wildman–Crippen MR) is 87.7 cm³/mol. The maximum absolute atomic E-state index is 6.10. The molecule has 0 fully saturated rings. The first-order valence-corrected chi connectivity index (χ1v) is 7.67. The first kappa shape index (κ1) is 17.0. The van der Waals surface area contributed by atoms with Gasteiger partial charge in [-0.25, -0.2) is 0 Å². The van der Waals surface area contributed by atoms with E-state index in [0.717, 1.165) is 18.9 Å². The highest BCUT2D eigenvalue weighted by Crippen LogP contribution is 2.32. The molecule has 0 radical (unpaired) electrons. The van der Waals surface area contributed by atoms with E-state index >= 15 is 0 Å². The van der Waals surface area contributed by atoms with Gasteiger partial charge >= 0.3 is 0 Å². The van der Waals surface area contributed by atoms with Gasteiger partial charge in [0, 0.05) is 18.5 Å². The summed E-state index contributed by atoms with van der Waals surface area (Å²) in [5, 5.41) is 3.46. The van der Waals surface area contributed by atoms with E-state index in [2.05, 4.69) is 72.0 Å². The molecule has 20 heavy (non-hydrogen) atoms. The highest BCUT2D eigenvalue weighted by molar-refractivity contribution is 5.41. The molecule has 0 aliphatic carbocycles. The van der Waals surface area contributed by atoms with Crippen molar-refractivity contribution in [3.05, 3.63) is 29.3 Å². The molecule has 0 spiro atoms. The van der Waals surface area contributed by atoms with E-state index in [1.807, 2.05) is 0 Å². The molecule has 1 unspecified atom stereocenters. The fraction of sp³-hybridized carbons (Fsp3) is 0.667. The third kappa shape index (κ3) is 5.54. The second kappa shape index (κ2) is 7.12. The Kier molecular flexibility index (Phi) is 6.07. The first-order chi connectivity index (χ1) is 9.20. The number of ether oxygens (including phenoxy) is 1. The van der Waals surface area contributed by atoms with Crippen LogP contribution in [0.1, 0.15) is 52.7 Å². The van der Waals surface area contributed by atoms with Crippen molar-refractivity contribution >= 4 is 0 Å². The van der Waals surface area contributed by atoms with Crippen molar-refractivity contribution in [2.45, 2.75) is 59.9 Å². The first-order valence-electron chi connectivity index (χ1n) is 7.67. The molecule has 0 amide bonds. The molecule has 2 nitrogen and oxygen atoms in total. The van der Waals surface area contributed by atoms with Gasteiger partial charge in [-0.2, -0.15) is 0 Å². The van der Waals surface area contributed by atoms with Gasteiger partial charge in [0.1, 0.15) is 5.75 Å². The summed E-state index contributed by atoms with van der Waals surface area (Å²) in [4.78, 5) is 0. The maximum atomic E-state index is 6.10. The van der Waals surface area contributed by atoms with E-state index in [4.69, 9.17) is 4.74 Å². The van der Waals surface area contributed by atoms with Gasteiger partial charge in [0.05, 0.1) is 6.61 Å². The molecule has 1 atom stereocenters. The van der Waals surface area contributed by atoms with Crippen LogP contribution in [0, 0.1) is 12.8 Å². The smallest absolute Gasteiger partial charge is 0.123 e. The molecule has 1 aromatic carbocycles. The second-order valence-electron chi connectivity index (χ2n) is 7.23. The summed E-state index contributed by atoms with van der Waals surface area (Å²) in [7, 11) is 0. The zero-order valence-electron chi connectivity index (χ0n) is 14.2. The number of nitrogens with one attached hydrogen (secondary N) is 1. The van der Waals surface area contributed by atoms with Gasteiger partial charge in [-0.05, 0) is 29.5 Å². The van der Waals surface area contributed by atoms with Gasteiger partial charge in [-0.15, -0.1) is 0 Å². The topological polar surface area (TPSA) is 21.3 Å². The Bertz CT molecular complexity index is 418. The monoisotopic (exact) mass is 277 g/mol. The standard InChI is InChI=1S/C18H31NO/c1-13(2)19-11-15(4)12-20-17-10-14(3)8-9-16(17)18(5,6)7/h8-10,13,15,19H,11-12H2,1-7H3. The third-order valence-corrected chi connectivity index (χ3v) is 3.34. The largest absolute Gasteiger partial charge is 0.493 e. The van der Waals surface area contributed by atoms with Crippen molar-refractivity contribution in [2.75, 3.05) is 13.2 Å². The predicted octanol–water partition coefficient (Wildman–Crippen LogP) is 4.31. The van der Waals surface area contributed by atoms with Gasteiger partial charge in [-0.3, -0.25) is 0 Å². The summed E-state index contributed by atoms with van der Waals surface area (Å²) in [5.74, 6) is 1.54. The van der Waals surface area contributed by atoms with Crippen LogP contribution in [-0.2, 0) is 5.41 Å². The Balaban J connectivity index is 2.69. The van der Waals surface area contributed by atoms with Crippen LogP contribution in [0.15, 0.2) is 18.2 Å². The van der Waals surface area contributed by atoms with Crippen LogP contribution in [0.25, 0.3) is 0 Å². The summed E-state index contributed by atoms with van der Waals surface area (Å²) in [6.07, 6.45) is 0. The summed E-state index contributed by atoms with van der Waals surface area (Å²) in [6.45, 7) is 17.1. The minimum atomic E-state index is 0.114. The van der Waals surface area contributed by atoms with Crippen LogP contribution in [0.4, 0.5) is 0 Å². The van der Waals surface area contributed by atoms with E-state index in [9.17, 15) is 0 Å². The molecule has 0 aliphatic rings. The van der Waals surface area contributed by atoms with Gasteiger partial charge in [0.15, 0.2) is 0 Å². The molecule has 0 bridgehead atoms. The van der Waals surface area contributed by atoms with Crippen molar-refractivity contribution in [3.8, 4) is 5.75 Å². The van der Waals surface area contributed by atoms with E-state index in [-0.39, 0.29) is 5.41 Å². The fourth-order valence-corrected chi connectivity index (χ4v) is 2.10. The molecule has 0 aromatic heterocycles. The average Bonchev–Trinajstić information content (AvgIpc) is 2.32. The fourth-order valence-electron chi connectivity index (χ4n) is 2.10. The summed E-state index contributed by atoms with van der Waals surface area (Å²) in [6, 6.07) is 7.05. The Morgan fingerprint density at radius 3 is 2.35 bits per heavy atom. The highest BCUT2D eigenvalue weighted by atomic mass is 16.5. The zero-order chi connectivity index (χ0) is 15.3. The van der Waals surface area contributed by atoms with Crippen LogP contribution in [0.2, 0.25) is 0 Å². The molecule has 114 valence electrons. The summed E-state index contributed by atoms with van der Waals surface area (Å²) < 4.78 is 6.10. The SMILES string of the molecule is Cc1ccc(C(C)(C)C)c(OCC(C)CNC(C)C)c1. The number of benzene rings is 1. The summed E-state index contributed by atoms with van der Waals surface area (Å²) in [5.41, 5.74) is 2.65. The number of aryl methyl sites for hydroxylation is 1. The molecular weight excluding hydrogens is 246 g/mol. The second-order valence-corrected chi connectivity index (χ2v) is 7.23. The molecular formula is C18H31NO. The number of hydrogen-bond donors (Lipinski definition) is 1. The number of rotatable bonds is 6. The van der Waals surface area contributed by atoms with E-state index < -0.39 is 0 Å². The lowest BCUT2D eigenvalue weighted by Gasteiger charge is -2.24. The van der Waals surface area contributed by atoms with Crippen LogP contribution in [-0.4, -0.2) is 19.2 Å². The van der Waals surface area contributed by atoms with Crippen LogP contribution < -0.4 is 10.1 Å². The molecule has 1 rings (SSSR count). The Morgan fingerprint density at radius 1 is 1.15 bits per heavy atom. The van der Waals surface area contributed by atoms with Crippen molar-refractivity contribution in [3.63, 3.8) is 0 Å². The maximum Gasteiger partial charge on any atom is 0.123 e. The van der Waals surface area contributed by atoms with Crippen LogP contribution in [0.5, 0.6) is 5.75 Å². The number of hydrogen-bond acceptors (Lipinski definition) is 2. The van der Waals surface area contributed by atoms with Crippen molar-refractivity contribution in [1.82, 2.24) is 5.32 Å². The van der Waals surface area contributed by atoms with Gasteiger partial charge in [-0.1, -0.05) is 53.7 Å². The Morgan fingerprint density at radius 2 is 1.80 bits per heavy atom. The Labute approximate surface area is 124 Å². The summed E-state index contributed by atoms with van der Waals surface area (Å²) >= 11 is 0. The lowest BCUT2D eigenvalue weighted by Crippen LogP contribution is -2.30. The minimum absolute atomic E-state index is 0.114. The van der Waals surface area contributed by atoms with Crippen molar-refractivity contribution < 1.29 is 4.74 Å². The van der Waals surface area contributed by atoms with E-state index in [1.54, 1.807) is 0 Å². The molecule has 0 saturated carbocycles.